The number of methoxy groups -OCH3 is 1. The molecule has 0 bridgehead atoms. The number of aromatic nitrogens is 2. The van der Waals surface area contributed by atoms with Gasteiger partial charge < -0.3 is 25.6 Å². The van der Waals surface area contributed by atoms with Gasteiger partial charge in [-0.1, -0.05) is 13.3 Å². The van der Waals surface area contributed by atoms with Crippen LogP contribution in [0, 0.1) is 0 Å². The smallest absolute Gasteiger partial charge is 0.222 e. The maximum absolute atomic E-state index is 9.29. The average molecular weight is 304 g/mol. The summed E-state index contributed by atoms with van der Waals surface area (Å²) in [4.78, 5) is 8.00. The number of anilines is 2. The van der Waals surface area contributed by atoms with Gasteiger partial charge in [0, 0.05) is 7.11 Å². The van der Waals surface area contributed by atoms with Gasteiger partial charge in [0.05, 0.1) is 25.5 Å². The van der Waals surface area contributed by atoms with E-state index in [0.717, 1.165) is 12.8 Å². The Hall–Kier alpha value is -1.25. The van der Waals surface area contributed by atoms with Crippen LogP contribution < -0.4 is 15.8 Å². The van der Waals surface area contributed by atoms with Gasteiger partial charge in [-0.15, -0.1) is 0 Å². The molecular weight excluding hydrogens is 280 g/mol. The molecule has 0 unspecified atom stereocenters. The first-order valence-electron chi connectivity index (χ1n) is 6.32. The quantitative estimate of drug-likeness (QED) is 0.579. The molecule has 0 saturated carbocycles. The molecule has 0 aromatic carbocycles. The van der Waals surface area contributed by atoms with Crippen molar-refractivity contribution in [3.8, 4) is 5.75 Å². The molecule has 0 spiro atoms. The number of nitrogen functional groups attached to an aromatic ring is 1. The van der Waals surface area contributed by atoms with Crippen LogP contribution in [-0.2, 0) is 4.74 Å². The van der Waals surface area contributed by atoms with Crippen LogP contribution in [0.25, 0.3) is 0 Å². The zero-order valence-corrected chi connectivity index (χ0v) is 12.9. The maximum Gasteiger partial charge on any atom is 0.222 e. The van der Waals surface area contributed by atoms with E-state index in [1.807, 2.05) is 0 Å². The van der Waals surface area contributed by atoms with Crippen molar-refractivity contribution < 1.29 is 14.6 Å². The zero-order chi connectivity index (χ0) is 14.1. The molecule has 1 heterocycles. The standard InChI is InChI=1S/C12H22N4O3.H2S/c1-3-4-9(8-17)15-11-10(19-6-5-18-2)7-14-12(13)16-11;/h7,9,17H,3-6,8H2,1-2H3,(H3,13,14,15,16);1H2/t9-;/m0./s1. The molecule has 20 heavy (non-hydrogen) atoms. The third-order valence-electron chi connectivity index (χ3n) is 2.52. The number of nitrogens with zero attached hydrogens (tertiary/aromatic N) is 2. The van der Waals surface area contributed by atoms with Gasteiger partial charge in [0.15, 0.2) is 11.6 Å². The van der Waals surface area contributed by atoms with E-state index in [0.29, 0.717) is 24.8 Å². The predicted octanol–water partition coefficient (Wildman–Crippen LogP) is 0.770. The summed E-state index contributed by atoms with van der Waals surface area (Å²) < 4.78 is 10.4. The Bertz CT molecular complexity index is 382. The number of hydrogen-bond acceptors (Lipinski definition) is 7. The van der Waals surface area contributed by atoms with E-state index in [1.54, 1.807) is 7.11 Å². The lowest BCUT2D eigenvalue weighted by Crippen LogP contribution is -2.25. The summed E-state index contributed by atoms with van der Waals surface area (Å²) in [6, 6.07) is -0.0796. The summed E-state index contributed by atoms with van der Waals surface area (Å²) in [7, 11) is 1.60. The molecule has 1 aromatic heterocycles. The molecule has 0 aliphatic heterocycles. The van der Waals surface area contributed by atoms with Crippen LogP contribution in [0.3, 0.4) is 0 Å². The monoisotopic (exact) mass is 304 g/mol. The predicted molar refractivity (Wildman–Crippen MR) is 83.6 cm³/mol. The van der Waals surface area contributed by atoms with Gasteiger partial charge >= 0.3 is 0 Å². The normalized spacial score (nSPS) is 11.6. The molecule has 0 saturated heterocycles. The first kappa shape index (κ1) is 18.8. The Labute approximate surface area is 126 Å². The van der Waals surface area contributed by atoms with Crippen LogP contribution in [-0.4, -0.2) is 48.0 Å². The molecule has 0 fully saturated rings. The van der Waals surface area contributed by atoms with Crippen LogP contribution in [0.2, 0.25) is 0 Å². The van der Waals surface area contributed by atoms with Crippen LogP contribution in [0.1, 0.15) is 19.8 Å². The fourth-order valence-corrected chi connectivity index (χ4v) is 1.58. The average Bonchev–Trinajstić information content (AvgIpc) is 2.41. The van der Waals surface area contributed by atoms with Gasteiger partial charge in [0.2, 0.25) is 5.95 Å². The Morgan fingerprint density at radius 3 is 2.80 bits per heavy atom. The van der Waals surface area contributed by atoms with Crippen molar-refractivity contribution in [2.75, 3.05) is 38.0 Å². The first-order chi connectivity index (χ1) is 9.21. The number of aliphatic hydroxyl groups is 1. The Balaban J connectivity index is 0.00000361. The lowest BCUT2D eigenvalue weighted by atomic mass is 10.2. The molecule has 1 aromatic rings. The van der Waals surface area contributed by atoms with Gasteiger partial charge in [0.1, 0.15) is 6.61 Å². The van der Waals surface area contributed by atoms with E-state index in [-0.39, 0.29) is 32.1 Å². The van der Waals surface area contributed by atoms with Crippen LogP contribution in [0.4, 0.5) is 11.8 Å². The third kappa shape index (κ3) is 6.27. The molecule has 4 N–H and O–H groups in total. The van der Waals surface area contributed by atoms with E-state index < -0.39 is 0 Å². The van der Waals surface area contributed by atoms with Gasteiger partial charge in [-0.25, -0.2) is 4.98 Å². The van der Waals surface area contributed by atoms with E-state index in [1.165, 1.54) is 6.20 Å². The minimum Gasteiger partial charge on any atom is -0.486 e. The second kappa shape index (κ2) is 10.5. The Kier molecular flexibility index (Phi) is 9.87. The molecule has 1 rings (SSSR count). The molecule has 1 atom stereocenters. The summed E-state index contributed by atoms with van der Waals surface area (Å²) >= 11 is 0. The summed E-state index contributed by atoms with van der Waals surface area (Å²) in [5, 5.41) is 12.4. The van der Waals surface area contributed by atoms with Crippen molar-refractivity contribution in [3.05, 3.63) is 6.20 Å². The number of hydrogen-bond donors (Lipinski definition) is 3. The maximum atomic E-state index is 9.29. The van der Waals surface area contributed by atoms with Gasteiger partial charge in [-0.2, -0.15) is 18.5 Å². The van der Waals surface area contributed by atoms with Crippen molar-refractivity contribution >= 4 is 25.3 Å². The highest BCUT2D eigenvalue weighted by molar-refractivity contribution is 7.59. The Morgan fingerprint density at radius 1 is 1.45 bits per heavy atom. The highest BCUT2D eigenvalue weighted by Crippen LogP contribution is 2.23. The molecule has 8 heteroatoms. The van der Waals surface area contributed by atoms with Gasteiger partial charge in [-0.3, -0.25) is 0 Å². The molecule has 7 nitrogen and oxygen atoms in total. The van der Waals surface area contributed by atoms with Crippen molar-refractivity contribution in [1.29, 1.82) is 0 Å². The zero-order valence-electron chi connectivity index (χ0n) is 11.9. The van der Waals surface area contributed by atoms with Crippen molar-refractivity contribution in [2.24, 2.45) is 0 Å². The fourth-order valence-electron chi connectivity index (χ4n) is 1.58. The summed E-state index contributed by atoms with van der Waals surface area (Å²) in [6.07, 6.45) is 3.30. The summed E-state index contributed by atoms with van der Waals surface area (Å²) in [6.45, 7) is 2.95. The van der Waals surface area contributed by atoms with Crippen LogP contribution in [0.5, 0.6) is 5.75 Å². The number of ether oxygens (including phenoxy) is 2. The summed E-state index contributed by atoms with van der Waals surface area (Å²) in [5.74, 6) is 1.16. The number of rotatable bonds is 9. The first-order valence-corrected chi connectivity index (χ1v) is 6.32. The highest BCUT2D eigenvalue weighted by Gasteiger charge is 2.12. The minimum atomic E-state index is -0.0796. The van der Waals surface area contributed by atoms with E-state index in [4.69, 9.17) is 15.2 Å². The van der Waals surface area contributed by atoms with E-state index in [9.17, 15) is 5.11 Å². The largest absolute Gasteiger partial charge is 0.486 e. The lowest BCUT2D eigenvalue weighted by Gasteiger charge is -2.18. The highest BCUT2D eigenvalue weighted by atomic mass is 32.1. The van der Waals surface area contributed by atoms with Crippen molar-refractivity contribution in [1.82, 2.24) is 9.97 Å². The molecule has 0 radical (unpaired) electrons. The fraction of sp³-hybridized carbons (Fsp3) is 0.667. The number of aliphatic hydroxyl groups excluding tert-OH is 1. The van der Waals surface area contributed by atoms with Gasteiger partial charge in [-0.05, 0) is 6.42 Å². The van der Waals surface area contributed by atoms with E-state index in [2.05, 4.69) is 22.2 Å². The molecule has 0 aliphatic carbocycles. The number of nitrogens with one attached hydrogen (secondary N) is 1. The minimum absolute atomic E-state index is 0. The molecule has 0 amide bonds. The van der Waals surface area contributed by atoms with Crippen LogP contribution >= 0.6 is 13.5 Å². The summed E-state index contributed by atoms with van der Waals surface area (Å²) in [5.41, 5.74) is 5.57. The Morgan fingerprint density at radius 2 is 2.20 bits per heavy atom. The van der Waals surface area contributed by atoms with Crippen molar-refractivity contribution in [3.63, 3.8) is 0 Å². The second-order valence-corrected chi connectivity index (χ2v) is 4.09. The number of nitrogens with two attached hydrogens (primary N) is 1. The molecular formula is C12H24N4O3S. The molecule has 116 valence electrons. The topological polar surface area (TPSA) is 103 Å². The van der Waals surface area contributed by atoms with Gasteiger partial charge in [0.25, 0.3) is 0 Å². The molecule has 0 aliphatic rings. The SMILES string of the molecule is CCC[C@@H](CO)Nc1nc(N)ncc1OCCOC.S. The van der Waals surface area contributed by atoms with E-state index >= 15 is 0 Å². The van der Waals surface area contributed by atoms with Crippen molar-refractivity contribution in [2.45, 2.75) is 25.8 Å². The second-order valence-electron chi connectivity index (χ2n) is 4.09. The van der Waals surface area contributed by atoms with Crippen LogP contribution in [0.15, 0.2) is 6.20 Å². The lowest BCUT2D eigenvalue weighted by molar-refractivity contribution is 0.146. The third-order valence-corrected chi connectivity index (χ3v) is 2.52.